The predicted molar refractivity (Wildman–Crippen MR) is 134 cm³/mol. The van der Waals surface area contributed by atoms with Crippen molar-refractivity contribution in [2.45, 2.75) is 25.6 Å². The average molecular weight is 455 g/mol. The highest BCUT2D eigenvalue weighted by molar-refractivity contribution is 7.80. The Hall–Kier alpha value is -3.64. The molecular weight excluding hydrogens is 428 g/mol. The maximum Gasteiger partial charge on any atom is 0.170 e. The van der Waals surface area contributed by atoms with Gasteiger partial charge in [0.15, 0.2) is 5.11 Å². The van der Waals surface area contributed by atoms with Crippen molar-refractivity contribution in [1.29, 1.82) is 0 Å². The summed E-state index contributed by atoms with van der Waals surface area (Å²) in [4.78, 5) is 6.92. The lowest BCUT2D eigenvalue weighted by molar-refractivity contribution is 0.302. The molecule has 5 rings (SSSR count). The Bertz CT molecular complexity index is 1240. The highest BCUT2D eigenvalue weighted by Crippen LogP contribution is 2.40. The summed E-state index contributed by atoms with van der Waals surface area (Å²) in [6, 6.07) is 27.0. The van der Waals surface area contributed by atoms with Crippen LogP contribution in [0.2, 0.25) is 0 Å². The van der Waals surface area contributed by atoms with Crippen molar-refractivity contribution in [3.05, 3.63) is 114 Å². The molecular formula is C27H26N4OS. The molecule has 1 saturated heterocycles. The van der Waals surface area contributed by atoms with Crippen molar-refractivity contribution in [2.24, 2.45) is 0 Å². The van der Waals surface area contributed by atoms with Crippen LogP contribution in [0, 0.1) is 6.92 Å². The van der Waals surface area contributed by atoms with Crippen molar-refractivity contribution in [2.75, 3.05) is 7.11 Å². The van der Waals surface area contributed by atoms with Gasteiger partial charge in [-0.1, -0.05) is 35.9 Å². The Labute approximate surface area is 199 Å². The normalized spacial score (nSPS) is 17.8. The summed E-state index contributed by atoms with van der Waals surface area (Å²) < 4.78 is 7.57. The standard InChI is InChI=1S/C27H26N4OS/c1-19-8-12-21(13-9-19)30-17-5-7-24(30)26-25(23-6-3-4-16-28-23)29-27(33)31(26)18-20-10-14-22(32-2)15-11-20/h3-17,25-26H,18H2,1-2H3,(H,29,33)/t25-,26-/m1/s1. The molecule has 1 N–H and O–H groups in total. The van der Waals surface area contributed by atoms with E-state index in [1.807, 2.05) is 30.5 Å². The molecule has 4 aromatic rings. The maximum atomic E-state index is 5.85. The molecule has 1 aliphatic rings. The molecule has 0 saturated carbocycles. The lowest BCUT2D eigenvalue weighted by Crippen LogP contribution is -2.30. The molecule has 33 heavy (non-hydrogen) atoms. The van der Waals surface area contributed by atoms with E-state index in [0.29, 0.717) is 6.54 Å². The first-order chi connectivity index (χ1) is 16.1. The van der Waals surface area contributed by atoms with Gasteiger partial charge < -0.3 is 19.5 Å². The molecule has 0 bridgehead atoms. The molecule has 2 atom stereocenters. The molecule has 6 heteroatoms. The van der Waals surface area contributed by atoms with Gasteiger partial charge in [0.1, 0.15) is 5.75 Å². The van der Waals surface area contributed by atoms with Crippen LogP contribution in [-0.4, -0.2) is 26.7 Å². The topological polar surface area (TPSA) is 42.3 Å². The number of rotatable bonds is 6. The van der Waals surface area contributed by atoms with E-state index >= 15 is 0 Å². The third-order valence-electron chi connectivity index (χ3n) is 6.11. The van der Waals surface area contributed by atoms with Crippen LogP contribution < -0.4 is 10.1 Å². The van der Waals surface area contributed by atoms with Gasteiger partial charge in [-0.05, 0) is 73.2 Å². The first kappa shape index (κ1) is 21.2. The Morgan fingerprint density at radius 1 is 0.970 bits per heavy atom. The SMILES string of the molecule is COc1ccc(CN2C(=S)N[C@H](c3ccccn3)[C@H]2c2cccn2-c2ccc(C)cc2)cc1. The summed E-state index contributed by atoms with van der Waals surface area (Å²) >= 11 is 5.85. The molecule has 0 amide bonds. The lowest BCUT2D eigenvalue weighted by atomic mass is 10.0. The third kappa shape index (κ3) is 4.22. The number of aryl methyl sites for hydroxylation is 1. The van der Waals surface area contributed by atoms with Crippen LogP contribution >= 0.6 is 12.2 Å². The molecule has 1 aliphatic heterocycles. The van der Waals surface area contributed by atoms with E-state index in [1.54, 1.807) is 7.11 Å². The van der Waals surface area contributed by atoms with E-state index in [4.69, 9.17) is 17.0 Å². The molecule has 1 fully saturated rings. The molecule has 166 valence electrons. The Balaban J connectivity index is 1.57. The summed E-state index contributed by atoms with van der Waals surface area (Å²) in [7, 11) is 1.68. The van der Waals surface area contributed by atoms with Gasteiger partial charge in [0.25, 0.3) is 0 Å². The number of hydrogen-bond acceptors (Lipinski definition) is 3. The number of hydrogen-bond donors (Lipinski definition) is 1. The number of nitrogens with one attached hydrogen (secondary N) is 1. The largest absolute Gasteiger partial charge is 0.497 e. The number of nitrogens with zero attached hydrogens (tertiary/aromatic N) is 3. The molecule has 2 aromatic carbocycles. The Kier molecular flexibility index (Phi) is 5.84. The zero-order chi connectivity index (χ0) is 22.8. The van der Waals surface area contributed by atoms with Crippen LogP contribution in [0.25, 0.3) is 5.69 Å². The van der Waals surface area contributed by atoms with Crippen molar-refractivity contribution in [3.8, 4) is 11.4 Å². The lowest BCUT2D eigenvalue weighted by Gasteiger charge is -2.29. The van der Waals surface area contributed by atoms with Gasteiger partial charge in [0.2, 0.25) is 0 Å². The van der Waals surface area contributed by atoms with Gasteiger partial charge in [-0.15, -0.1) is 0 Å². The summed E-state index contributed by atoms with van der Waals surface area (Å²) in [5.41, 5.74) is 5.67. The fourth-order valence-electron chi connectivity index (χ4n) is 4.40. The van der Waals surface area contributed by atoms with E-state index in [2.05, 4.69) is 87.5 Å². The van der Waals surface area contributed by atoms with Gasteiger partial charge in [0.05, 0.1) is 24.9 Å². The second-order valence-electron chi connectivity index (χ2n) is 8.24. The van der Waals surface area contributed by atoms with Crippen molar-refractivity contribution < 1.29 is 4.74 Å². The van der Waals surface area contributed by atoms with E-state index < -0.39 is 0 Å². The third-order valence-corrected chi connectivity index (χ3v) is 6.46. The van der Waals surface area contributed by atoms with E-state index in [1.165, 1.54) is 11.1 Å². The Morgan fingerprint density at radius 2 is 1.76 bits per heavy atom. The number of methoxy groups -OCH3 is 1. The van der Waals surface area contributed by atoms with Gasteiger partial charge in [-0.2, -0.15) is 0 Å². The van der Waals surface area contributed by atoms with Crippen LogP contribution in [0.3, 0.4) is 0 Å². The minimum absolute atomic E-state index is 0.0224. The first-order valence-electron chi connectivity index (χ1n) is 11.0. The van der Waals surface area contributed by atoms with Crippen molar-refractivity contribution in [1.82, 2.24) is 19.8 Å². The van der Waals surface area contributed by atoms with Gasteiger partial charge in [-0.25, -0.2) is 0 Å². The first-order valence-corrected chi connectivity index (χ1v) is 11.4. The van der Waals surface area contributed by atoms with Crippen LogP contribution in [-0.2, 0) is 6.54 Å². The molecule has 0 unspecified atom stereocenters. The monoisotopic (exact) mass is 454 g/mol. The number of pyridine rings is 1. The highest BCUT2D eigenvalue weighted by Gasteiger charge is 2.41. The molecule has 3 heterocycles. The second kappa shape index (κ2) is 9.08. The maximum absolute atomic E-state index is 5.85. The van der Waals surface area contributed by atoms with Crippen molar-refractivity contribution >= 4 is 17.3 Å². The molecule has 0 radical (unpaired) electrons. The van der Waals surface area contributed by atoms with Crippen molar-refractivity contribution in [3.63, 3.8) is 0 Å². The van der Waals surface area contributed by atoms with E-state index in [9.17, 15) is 0 Å². The molecule has 0 spiro atoms. The number of ether oxygens (including phenoxy) is 1. The second-order valence-corrected chi connectivity index (χ2v) is 8.63. The smallest absolute Gasteiger partial charge is 0.170 e. The van der Waals surface area contributed by atoms with Crippen LogP contribution in [0.15, 0.2) is 91.3 Å². The molecule has 0 aliphatic carbocycles. The predicted octanol–water partition coefficient (Wildman–Crippen LogP) is 5.36. The highest BCUT2D eigenvalue weighted by atomic mass is 32.1. The van der Waals surface area contributed by atoms with Crippen LogP contribution in [0.5, 0.6) is 5.75 Å². The van der Waals surface area contributed by atoms with Crippen LogP contribution in [0.1, 0.15) is 34.6 Å². The quantitative estimate of drug-likeness (QED) is 0.397. The average Bonchev–Trinajstić information content (AvgIpc) is 3.45. The fraction of sp³-hybridized carbons (Fsp3) is 0.185. The summed E-state index contributed by atoms with van der Waals surface area (Å²) in [5, 5.41) is 4.27. The molecule has 5 nitrogen and oxygen atoms in total. The summed E-state index contributed by atoms with van der Waals surface area (Å²) in [6.07, 6.45) is 3.95. The van der Waals surface area contributed by atoms with Gasteiger partial charge in [0, 0.05) is 30.3 Å². The number of benzene rings is 2. The van der Waals surface area contributed by atoms with E-state index in [0.717, 1.165) is 27.9 Å². The summed E-state index contributed by atoms with van der Waals surface area (Å²) in [5.74, 6) is 0.844. The van der Waals surface area contributed by atoms with Gasteiger partial charge >= 0.3 is 0 Å². The Morgan fingerprint density at radius 3 is 2.45 bits per heavy atom. The number of aromatic nitrogens is 2. The zero-order valence-corrected chi connectivity index (χ0v) is 19.5. The van der Waals surface area contributed by atoms with Crippen LogP contribution in [0.4, 0.5) is 0 Å². The number of thiocarbonyl (C=S) groups is 1. The van der Waals surface area contributed by atoms with E-state index in [-0.39, 0.29) is 12.1 Å². The molecule has 2 aromatic heterocycles. The minimum Gasteiger partial charge on any atom is -0.497 e. The fourth-order valence-corrected chi connectivity index (χ4v) is 4.71. The minimum atomic E-state index is -0.0592. The summed E-state index contributed by atoms with van der Waals surface area (Å²) in [6.45, 7) is 2.79. The van der Waals surface area contributed by atoms with Gasteiger partial charge in [-0.3, -0.25) is 4.98 Å². The zero-order valence-electron chi connectivity index (χ0n) is 18.7.